The molecule has 3 N–H and O–H groups in total. The molecule has 0 fully saturated rings. The number of aliphatic hydroxyl groups is 1. The van der Waals surface area contributed by atoms with E-state index in [4.69, 9.17) is 14.9 Å². The van der Waals surface area contributed by atoms with Crippen molar-refractivity contribution in [2.45, 2.75) is 45.3 Å². The number of aromatic nitrogens is 1. The Kier molecular flexibility index (Phi) is 6.44. The summed E-state index contributed by atoms with van der Waals surface area (Å²) in [4.78, 5) is 15.8. The Hall–Kier alpha value is -2.70. The zero-order valence-electron chi connectivity index (χ0n) is 16.2. The van der Waals surface area contributed by atoms with E-state index in [9.17, 15) is 9.90 Å². The first kappa shape index (κ1) is 20.0. The molecule has 2 aromatic carbocycles. The zero-order chi connectivity index (χ0) is 20.1. The van der Waals surface area contributed by atoms with Crippen LogP contribution < -0.4 is 5.73 Å². The molecule has 6 nitrogen and oxygen atoms in total. The maximum Gasteiger partial charge on any atom is 0.246 e. The average molecular weight is 382 g/mol. The summed E-state index contributed by atoms with van der Waals surface area (Å²) >= 11 is 0. The second-order valence-electron chi connectivity index (χ2n) is 6.91. The highest BCUT2D eigenvalue weighted by molar-refractivity contribution is 5.78. The number of aryl methyl sites for hydroxylation is 1. The number of carbonyl (C=O) groups is 1. The van der Waals surface area contributed by atoms with Crippen molar-refractivity contribution in [3.05, 3.63) is 53.6 Å². The molecule has 3 aromatic rings. The minimum Gasteiger partial charge on any atom is -0.436 e. The van der Waals surface area contributed by atoms with Gasteiger partial charge in [0, 0.05) is 12.2 Å². The van der Waals surface area contributed by atoms with Crippen molar-refractivity contribution in [3.63, 3.8) is 0 Å². The number of primary amides is 1. The van der Waals surface area contributed by atoms with Crippen molar-refractivity contribution < 1.29 is 19.1 Å². The molecule has 1 aromatic heterocycles. The van der Waals surface area contributed by atoms with E-state index in [1.807, 2.05) is 56.3 Å². The fraction of sp³-hybridized carbons (Fsp3) is 0.364. The van der Waals surface area contributed by atoms with Crippen molar-refractivity contribution in [3.8, 4) is 11.5 Å². The van der Waals surface area contributed by atoms with Crippen LogP contribution in [0.4, 0.5) is 0 Å². The second kappa shape index (κ2) is 8.99. The van der Waals surface area contributed by atoms with Crippen LogP contribution in [0.15, 0.2) is 46.9 Å². The molecular weight excluding hydrogens is 356 g/mol. The number of carbonyl (C=O) groups excluding carboxylic acids is 1. The summed E-state index contributed by atoms with van der Waals surface area (Å²) in [7, 11) is 0. The zero-order valence-corrected chi connectivity index (χ0v) is 16.2. The molecule has 3 rings (SSSR count). The van der Waals surface area contributed by atoms with Crippen molar-refractivity contribution >= 4 is 17.0 Å². The van der Waals surface area contributed by atoms with Gasteiger partial charge >= 0.3 is 0 Å². The van der Waals surface area contributed by atoms with Crippen LogP contribution in [0.3, 0.4) is 0 Å². The summed E-state index contributed by atoms with van der Waals surface area (Å²) in [6.45, 7) is 4.28. The van der Waals surface area contributed by atoms with Gasteiger partial charge in [0.15, 0.2) is 5.58 Å². The van der Waals surface area contributed by atoms with Gasteiger partial charge < -0.3 is 20.0 Å². The van der Waals surface area contributed by atoms with Gasteiger partial charge in [0.1, 0.15) is 11.6 Å². The number of amides is 1. The monoisotopic (exact) mass is 382 g/mol. The molecule has 6 heteroatoms. The SMILES string of the molecule is CCOC(CCCC(O)c1ccc(-c2nc3cc(C)ccc3o2)cc1)C(N)=O. The molecule has 0 spiro atoms. The van der Waals surface area contributed by atoms with E-state index >= 15 is 0 Å². The molecule has 28 heavy (non-hydrogen) atoms. The number of oxazole rings is 1. The van der Waals surface area contributed by atoms with Gasteiger partial charge in [-0.3, -0.25) is 4.79 Å². The highest BCUT2D eigenvalue weighted by atomic mass is 16.5. The number of fused-ring (bicyclic) bond motifs is 1. The van der Waals surface area contributed by atoms with Crippen LogP contribution in [0.25, 0.3) is 22.6 Å². The Morgan fingerprint density at radius 3 is 2.64 bits per heavy atom. The summed E-state index contributed by atoms with van der Waals surface area (Å²) in [5.41, 5.74) is 9.70. The molecule has 0 saturated heterocycles. The quantitative estimate of drug-likeness (QED) is 0.585. The van der Waals surface area contributed by atoms with Gasteiger partial charge in [-0.05, 0) is 68.5 Å². The number of ether oxygens (including phenoxy) is 1. The molecule has 2 atom stereocenters. The summed E-state index contributed by atoms with van der Waals surface area (Å²) in [6, 6.07) is 13.4. The molecular formula is C22H26N2O4. The minimum absolute atomic E-state index is 0.438. The fourth-order valence-electron chi connectivity index (χ4n) is 3.18. The first-order chi connectivity index (χ1) is 13.5. The van der Waals surface area contributed by atoms with Crippen molar-refractivity contribution in [2.24, 2.45) is 5.73 Å². The number of hydrogen-bond donors (Lipinski definition) is 2. The van der Waals surface area contributed by atoms with Crippen molar-refractivity contribution in [1.82, 2.24) is 4.98 Å². The number of hydrogen-bond acceptors (Lipinski definition) is 5. The van der Waals surface area contributed by atoms with E-state index in [0.717, 1.165) is 27.8 Å². The Morgan fingerprint density at radius 1 is 1.21 bits per heavy atom. The number of nitrogens with two attached hydrogens (primary N) is 1. The largest absolute Gasteiger partial charge is 0.436 e. The molecule has 1 amide bonds. The van der Waals surface area contributed by atoms with Gasteiger partial charge in [-0.1, -0.05) is 18.2 Å². The number of aliphatic hydroxyl groups excluding tert-OH is 1. The first-order valence-electron chi connectivity index (χ1n) is 9.54. The minimum atomic E-state index is -0.615. The third-order valence-corrected chi connectivity index (χ3v) is 4.71. The van der Waals surface area contributed by atoms with Crippen LogP contribution >= 0.6 is 0 Å². The average Bonchev–Trinajstić information content (AvgIpc) is 3.10. The normalized spacial score (nSPS) is 13.5. The fourth-order valence-corrected chi connectivity index (χ4v) is 3.18. The van der Waals surface area contributed by atoms with E-state index < -0.39 is 18.1 Å². The number of nitrogens with zero attached hydrogens (tertiary/aromatic N) is 1. The lowest BCUT2D eigenvalue weighted by atomic mass is 10.0. The van der Waals surface area contributed by atoms with Gasteiger partial charge in [-0.2, -0.15) is 0 Å². The number of benzene rings is 2. The van der Waals surface area contributed by atoms with Crippen LogP contribution in [-0.2, 0) is 9.53 Å². The lowest BCUT2D eigenvalue weighted by Crippen LogP contribution is -2.31. The smallest absolute Gasteiger partial charge is 0.246 e. The van der Waals surface area contributed by atoms with Crippen LogP contribution in [0, 0.1) is 6.92 Å². The third kappa shape index (κ3) is 4.77. The van der Waals surface area contributed by atoms with Crippen LogP contribution in [0.1, 0.15) is 43.4 Å². The second-order valence-corrected chi connectivity index (χ2v) is 6.91. The van der Waals surface area contributed by atoms with Gasteiger partial charge in [-0.15, -0.1) is 0 Å². The summed E-state index contributed by atoms with van der Waals surface area (Å²) in [5.74, 6) is 0.0943. The molecule has 2 unspecified atom stereocenters. The predicted molar refractivity (Wildman–Crippen MR) is 108 cm³/mol. The standard InChI is InChI=1S/C22H26N2O4/c1-3-27-20(21(23)26)6-4-5-18(25)15-8-10-16(11-9-15)22-24-17-13-14(2)7-12-19(17)28-22/h7-13,18,20,25H,3-6H2,1-2H3,(H2,23,26). The van der Waals surface area contributed by atoms with Gasteiger partial charge in [0.05, 0.1) is 6.10 Å². The summed E-state index contributed by atoms with van der Waals surface area (Å²) < 4.78 is 11.1. The predicted octanol–water partition coefficient (Wildman–Crippen LogP) is 3.90. The molecule has 0 aliphatic carbocycles. The van der Waals surface area contributed by atoms with Crippen molar-refractivity contribution in [2.75, 3.05) is 6.61 Å². The molecule has 0 bridgehead atoms. The molecule has 148 valence electrons. The van der Waals surface area contributed by atoms with E-state index in [1.165, 1.54) is 0 Å². The van der Waals surface area contributed by atoms with Crippen LogP contribution in [0.2, 0.25) is 0 Å². The van der Waals surface area contributed by atoms with E-state index in [1.54, 1.807) is 0 Å². The lowest BCUT2D eigenvalue weighted by Gasteiger charge is -2.15. The maximum atomic E-state index is 11.3. The van der Waals surface area contributed by atoms with Crippen LogP contribution in [0.5, 0.6) is 0 Å². The summed E-state index contributed by atoms with van der Waals surface area (Å²) in [6.07, 6.45) is 0.456. The molecule has 1 heterocycles. The maximum absolute atomic E-state index is 11.3. The van der Waals surface area contributed by atoms with Gasteiger partial charge in [0.2, 0.25) is 11.8 Å². The Morgan fingerprint density at radius 2 is 1.96 bits per heavy atom. The highest BCUT2D eigenvalue weighted by Crippen LogP contribution is 2.27. The lowest BCUT2D eigenvalue weighted by molar-refractivity contribution is -0.129. The molecule has 0 saturated carbocycles. The van der Waals surface area contributed by atoms with Gasteiger partial charge in [-0.25, -0.2) is 4.98 Å². The molecule has 0 aliphatic rings. The van der Waals surface area contributed by atoms with E-state index in [0.29, 0.717) is 31.8 Å². The Bertz CT molecular complexity index is 933. The summed E-state index contributed by atoms with van der Waals surface area (Å²) in [5, 5.41) is 10.4. The van der Waals surface area contributed by atoms with Crippen molar-refractivity contribution in [1.29, 1.82) is 0 Å². The number of rotatable bonds is 9. The first-order valence-corrected chi connectivity index (χ1v) is 9.54. The van der Waals surface area contributed by atoms with Crippen LogP contribution in [-0.4, -0.2) is 28.7 Å². The topological polar surface area (TPSA) is 98.6 Å². The third-order valence-electron chi connectivity index (χ3n) is 4.71. The molecule has 0 aliphatic heterocycles. The van der Waals surface area contributed by atoms with E-state index in [-0.39, 0.29) is 0 Å². The van der Waals surface area contributed by atoms with Gasteiger partial charge in [0.25, 0.3) is 0 Å². The Balaban J connectivity index is 1.62. The Labute approximate surface area is 164 Å². The molecule has 0 radical (unpaired) electrons. The highest BCUT2D eigenvalue weighted by Gasteiger charge is 2.16. The van der Waals surface area contributed by atoms with E-state index in [2.05, 4.69) is 4.98 Å².